The molecule has 152 valence electrons. The number of likely N-dealkylation sites (tertiary alicyclic amines) is 2. The molecule has 2 aromatic carbocycles. The van der Waals surface area contributed by atoms with Crippen molar-refractivity contribution in [2.45, 2.75) is 13.0 Å². The summed E-state index contributed by atoms with van der Waals surface area (Å²) in [5.41, 5.74) is 2.81. The number of carbonyl (C=O) groups is 2. The van der Waals surface area contributed by atoms with E-state index in [9.17, 15) is 14.7 Å². The van der Waals surface area contributed by atoms with Crippen LogP contribution in [0.2, 0.25) is 0 Å². The van der Waals surface area contributed by atoms with Crippen LogP contribution < -0.4 is 0 Å². The number of carbonyl (C=O) groups excluding carboxylic acids is 2. The standard InChI is InChI=1S/C23H27N3O3/c1-15-7-4-5-10-19(15)21-20-14-25(22(28)16-8-6-9-18(27)11-16)12-17(20)13-26(21)23(29)24(2)3/h4-11,17,20-21,27H,12-14H2,1-3H3/t17-,20-,21+/m1/s1. The van der Waals surface area contributed by atoms with Crippen molar-refractivity contribution in [2.24, 2.45) is 11.8 Å². The lowest BCUT2D eigenvalue weighted by atomic mass is 9.88. The number of urea groups is 1. The zero-order valence-electron chi connectivity index (χ0n) is 17.1. The maximum absolute atomic E-state index is 13.0. The predicted octanol–water partition coefficient (Wildman–Crippen LogP) is 3.13. The summed E-state index contributed by atoms with van der Waals surface area (Å²) in [5.74, 6) is 0.464. The maximum Gasteiger partial charge on any atom is 0.320 e. The zero-order chi connectivity index (χ0) is 20.7. The van der Waals surface area contributed by atoms with Gasteiger partial charge in [0.1, 0.15) is 5.75 Å². The first kappa shape index (κ1) is 19.3. The first-order valence-corrected chi connectivity index (χ1v) is 9.98. The molecule has 0 radical (unpaired) electrons. The summed E-state index contributed by atoms with van der Waals surface area (Å²) >= 11 is 0. The van der Waals surface area contributed by atoms with Crippen LogP contribution in [-0.4, -0.2) is 65.5 Å². The van der Waals surface area contributed by atoms with Crippen LogP contribution in [0.3, 0.4) is 0 Å². The van der Waals surface area contributed by atoms with Crippen molar-refractivity contribution in [3.05, 3.63) is 65.2 Å². The Morgan fingerprint density at radius 2 is 1.79 bits per heavy atom. The predicted molar refractivity (Wildman–Crippen MR) is 111 cm³/mol. The molecule has 4 rings (SSSR count). The van der Waals surface area contributed by atoms with Crippen molar-refractivity contribution in [1.82, 2.24) is 14.7 Å². The number of aromatic hydroxyl groups is 1. The van der Waals surface area contributed by atoms with Crippen molar-refractivity contribution >= 4 is 11.9 Å². The molecule has 0 saturated carbocycles. The van der Waals surface area contributed by atoms with Gasteiger partial charge in [-0.25, -0.2) is 4.79 Å². The van der Waals surface area contributed by atoms with Gasteiger partial charge in [0, 0.05) is 51.1 Å². The van der Waals surface area contributed by atoms with Crippen molar-refractivity contribution in [3.63, 3.8) is 0 Å². The number of benzene rings is 2. The Bertz CT molecular complexity index is 942. The van der Waals surface area contributed by atoms with E-state index in [1.807, 2.05) is 21.9 Å². The van der Waals surface area contributed by atoms with Gasteiger partial charge in [0.25, 0.3) is 5.91 Å². The molecule has 0 spiro atoms. The lowest BCUT2D eigenvalue weighted by molar-refractivity contribution is 0.0766. The zero-order valence-corrected chi connectivity index (χ0v) is 17.1. The molecular formula is C23H27N3O3. The monoisotopic (exact) mass is 393 g/mol. The Balaban J connectivity index is 1.63. The molecule has 6 nitrogen and oxygen atoms in total. The van der Waals surface area contributed by atoms with Gasteiger partial charge >= 0.3 is 6.03 Å². The summed E-state index contributed by atoms with van der Waals surface area (Å²) in [6, 6.07) is 14.7. The van der Waals surface area contributed by atoms with Crippen LogP contribution in [0.15, 0.2) is 48.5 Å². The normalized spacial score (nSPS) is 23.2. The molecule has 0 aliphatic carbocycles. The Hall–Kier alpha value is -3.02. The van der Waals surface area contributed by atoms with Crippen LogP contribution in [0.25, 0.3) is 0 Å². The third kappa shape index (κ3) is 3.43. The van der Waals surface area contributed by atoms with Gasteiger partial charge in [-0.3, -0.25) is 4.79 Å². The molecule has 2 fully saturated rings. The highest BCUT2D eigenvalue weighted by atomic mass is 16.3. The van der Waals surface area contributed by atoms with Crippen molar-refractivity contribution in [1.29, 1.82) is 0 Å². The van der Waals surface area contributed by atoms with E-state index in [1.54, 1.807) is 37.2 Å². The minimum absolute atomic E-state index is 0.0125. The second kappa shape index (κ2) is 7.43. The molecule has 2 aliphatic heterocycles. The summed E-state index contributed by atoms with van der Waals surface area (Å²) < 4.78 is 0. The minimum atomic E-state index is -0.0654. The number of fused-ring (bicyclic) bond motifs is 1. The largest absolute Gasteiger partial charge is 0.508 e. The van der Waals surface area contributed by atoms with Crippen molar-refractivity contribution in [3.8, 4) is 5.75 Å². The third-order valence-corrected chi connectivity index (χ3v) is 6.18. The smallest absolute Gasteiger partial charge is 0.320 e. The number of nitrogens with zero attached hydrogens (tertiary/aromatic N) is 3. The number of rotatable bonds is 2. The van der Waals surface area contributed by atoms with Gasteiger partial charge in [0.2, 0.25) is 0 Å². The molecule has 2 aromatic rings. The van der Waals surface area contributed by atoms with E-state index >= 15 is 0 Å². The third-order valence-electron chi connectivity index (χ3n) is 6.18. The Labute approximate surface area is 171 Å². The van der Waals surface area contributed by atoms with Gasteiger partial charge in [-0.1, -0.05) is 30.3 Å². The highest BCUT2D eigenvalue weighted by Crippen LogP contribution is 2.46. The molecule has 1 N–H and O–H groups in total. The SMILES string of the molecule is Cc1ccccc1[C@H]1[C@@H]2CN(C(=O)c3cccc(O)c3)C[C@@H]2CN1C(=O)N(C)C. The molecule has 29 heavy (non-hydrogen) atoms. The Kier molecular flexibility index (Phi) is 4.94. The van der Waals surface area contributed by atoms with Crippen LogP contribution >= 0.6 is 0 Å². The highest BCUT2D eigenvalue weighted by molar-refractivity contribution is 5.94. The van der Waals surface area contributed by atoms with Crippen molar-refractivity contribution in [2.75, 3.05) is 33.7 Å². The molecule has 2 saturated heterocycles. The van der Waals surface area contributed by atoms with Crippen LogP contribution in [0.4, 0.5) is 4.79 Å². The average molecular weight is 393 g/mol. The first-order valence-electron chi connectivity index (χ1n) is 9.98. The fourth-order valence-corrected chi connectivity index (χ4v) is 4.80. The lowest BCUT2D eigenvalue weighted by Gasteiger charge is -2.32. The molecule has 3 atom stereocenters. The van der Waals surface area contributed by atoms with Crippen LogP contribution in [0.5, 0.6) is 5.75 Å². The van der Waals surface area contributed by atoms with E-state index < -0.39 is 0 Å². The van der Waals surface area contributed by atoms with E-state index in [-0.39, 0.29) is 35.6 Å². The maximum atomic E-state index is 13.0. The van der Waals surface area contributed by atoms with Gasteiger partial charge in [-0.15, -0.1) is 0 Å². The number of phenols is 1. The van der Waals surface area contributed by atoms with Crippen LogP contribution in [0, 0.1) is 18.8 Å². The van der Waals surface area contributed by atoms with Crippen molar-refractivity contribution < 1.29 is 14.7 Å². The van der Waals surface area contributed by atoms with Gasteiger partial charge in [0.15, 0.2) is 0 Å². The number of hydrogen-bond donors (Lipinski definition) is 1. The molecule has 0 bridgehead atoms. The Morgan fingerprint density at radius 3 is 2.48 bits per heavy atom. The molecule has 6 heteroatoms. The second-order valence-electron chi connectivity index (χ2n) is 8.32. The molecule has 0 aromatic heterocycles. The molecule has 2 heterocycles. The first-order chi connectivity index (χ1) is 13.9. The topological polar surface area (TPSA) is 64.1 Å². The van der Waals surface area contributed by atoms with Gasteiger partial charge in [-0.2, -0.15) is 0 Å². The van der Waals surface area contributed by atoms with E-state index in [1.165, 1.54) is 6.07 Å². The minimum Gasteiger partial charge on any atom is -0.508 e. The summed E-state index contributed by atoms with van der Waals surface area (Å²) in [5, 5.41) is 9.72. The van der Waals surface area contributed by atoms with Gasteiger partial charge in [0.05, 0.1) is 6.04 Å². The number of phenolic OH excluding ortho intramolecular Hbond substituents is 1. The fourth-order valence-electron chi connectivity index (χ4n) is 4.80. The quantitative estimate of drug-likeness (QED) is 0.853. The summed E-state index contributed by atoms with van der Waals surface area (Å²) in [6.07, 6.45) is 0. The highest BCUT2D eigenvalue weighted by Gasteiger charge is 2.50. The number of aryl methyl sites for hydroxylation is 1. The van der Waals surface area contributed by atoms with Crippen LogP contribution in [-0.2, 0) is 0 Å². The van der Waals surface area contributed by atoms with E-state index in [0.29, 0.717) is 25.2 Å². The fraction of sp³-hybridized carbons (Fsp3) is 0.391. The average Bonchev–Trinajstić information content (AvgIpc) is 3.25. The summed E-state index contributed by atoms with van der Waals surface area (Å²) in [6.45, 7) is 3.95. The summed E-state index contributed by atoms with van der Waals surface area (Å²) in [4.78, 5) is 31.3. The summed E-state index contributed by atoms with van der Waals surface area (Å²) in [7, 11) is 3.56. The van der Waals surface area contributed by atoms with Crippen LogP contribution in [0.1, 0.15) is 27.5 Å². The number of amides is 3. The van der Waals surface area contributed by atoms with E-state index in [4.69, 9.17) is 0 Å². The molecule has 3 amide bonds. The van der Waals surface area contributed by atoms with E-state index in [2.05, 4.69) is 19.1 Å². The molecule has 2 aliphatic rings. The lowest BCUT2D eigenvalue weighted by Crippen LogP contribution is -2.42. The van der Waals surface area contributed by atoms with Gasteiger partial charge in [-0.05, 0) is 36.2 Å². The second-order valence-corrected chi connectivity index (χ2v) is 8.32. The number of hydrogen-bond acceptors (Lipinski definition) is 3. The van der Waals surface area contributed by atoms with Gasteiger partial charge < -0.3 is 19.8 Å². The van der Waals surface area contributed by atoms with E-state index in [0.717, 1.165) is 11.1 Å². The molecule has 0 unspecified atom stereocenters. The Morgan fingerprint density at radius 1 is 1.03 bits per heavy atom. The molecular weight excluding hydrogens is 366 g/mol.